The summed E-state index contributed by atoms with van der Waals surface area (Å²) in [7, 11) is 0. The van der Waals surface area contributed by atoms with E-state index in [2.05, 4.69) is 15.5 Å². The van der Waals surface area contributed by atoms with Gasteiger partial charge in [-0.05, 0) is 49.9 Å². The number of carbonyl (C=O) groups is 2. The topological polar surface area (TPSA) is 87.5 Å². The average Bonchev–Trinajstić information content (AvgIpc) is 2.86. The molecular formula is C15H18N4O2. The van der Waals surface area contributed by atoms with E-state index in [4.69, 9.17) is 5.73 Å². The predicted molar refractivity (Wildman–Crippen MR) is 78.8 cm³/mol. The summed E-state index contributed by atoms with van der Waals surface area (Å²) in [6.45, 7) is 0. The van der Waals surface area contributed by atoms with E-state index in [1.165, 1.54) is 0 Å². The normalized spacial score (nSPS) is 34.2. The van der Waals surface area contributed by atoms with Gasteiger partial charge in [-0.1, -0.05) is 0 Å². The van der Waals surface area contributed by atoms with Crippen LogP contribution < -0.4 is 21.3 Å². The molecule has 2 bridgehead atoms. The van der Waals surface area contributed by atoms with Gasteiger partial charge in [0.05, 0.1) is 0 Å². The summed E-state index contributed by atoms with van der Waals surface area (Å²) in [5.74, 6) is -0.165. The Bertz CT molecular complexity index is 599. The van der Waals surface area contributed by atoms with Crippen LogP contribution in [0.1, 0.15) is 25.7 Å². The maximum atomic E-state index is 12.1. The number of hydrogen-bond acceptors (Lipinski definition) is 4. The van der Waals surface area contributed by atoms with Gasteiger partial charge in [0.25, 0.3) is 5.91 Å². The third-order valence-corrected chi connectivity index (χ3v) is 4.99. The summed E-state index contributed by atoms with van der Waals surface area (Å²) in [6, 6.07) is 8.10. The van der Waals surface area contributed by atoms with Crippen molar-refractivity contribution in [1.29, 1.82) is 0 Å². The zero-order chi connectivity index (χ0) is 14.6. The van der Waals surface area contributed by atoms with Gasteiger partial charge in [0.1, 0.15) is 5.54 Å². The molecule has 4 rings (SSSR count). The Kier molecular flexibility index (Phi) is 2.46. The number of rotatable bonds is 1. The van der Waals surface area contributed by atoms with E-state index >= 15 is 0 Å². The van der Waals surface area contributed by atoms with Crippen molar-refractivity contribution < 1.29 is 9.59 Å². The van der Waals surface area contributed by atoms with Crippen LogP contribution in [0.15, 0.2) is 24.3 Å². The van der Waals surface area contributed by atoms with E-state index in [-0.39, 0.29) is 24.0 Å². The third-order valence-electron chi connectivity index (χ3n) is 4.99. The van der Waals surface area contributed by atoms with E-state index in [1.807, 2.05) is 24.3 Å². The number of anilines is 2. The fourth-order valence-corrected chi connectivity index (χ4v) is 4.13. The second kappa shape index (κ2) is 4.13. The number of amides is 3. The number of fused-ring (bicyclic) bond motifs is 2. The number of benzene rings is 1. The van der Waals surface area contributed by atoms with Crippen LogP contribution in [-0.2, 0) is 4.79 Å². The molecule has 6 heteroatoms. The van der Waals surface area contributed by atoms with E-state index in [9.17, 15) is 9.59 Å². The fraction of sp³-hybridized carbons (Fsp3) is 0.467. The number of imide groups is 1. The highest BCUT2D eigenvalue weighted by atomic mass is 16.2. The summed E-state index contributed by atoms with van der Waals surface area (Å²) in [6.07, 6.45) is 3.46. The van der Waals surface area contributed by atoms with Crippen LogP contribution in [0.3, 0.4) is 0 Å². The lowest BCUT2D eigenvalue weighted by molar-refractivity contribution is -0.125. The first-order valence-corrected chi connectivity index (χ1v) is 7.35. The first kappa shape index (κ1) is 12.5. The highest BCUT2D eigenvalue weighted by Crippen LogP contribution is 2.44. The molecule has 0 aromatic heterocycles. The van der Waals surface area contributed by atoms with Crippen molar-refractivity contribution in [3.63, 3.8) is 0 Å². The molecule has 21 heavy (non-hydrogen) atoms. The van der Waals surface area contributed by atoms with Gasteiger partial charge in [-0.15, -0.1) is 0 Å². The van der Waals surface area contributed by atoms with E-state index in [1.54, 1.807) is 0 Å². The van der Waals surface area contributed by atoms with E-state index in [0.717, 1.165) is 24.2 Å². The summed E-state index contributed by atoms with van der Waals surface area (Å²) in [5.41, 5.74) is 6.95. The van der Waals surface area contributed by atoms with Crippen LogP contribution in [0.4, 0.5) is 16.2 Å². The summed E-state index contributed by atoms with van der Waals surface area (Å²) < 4.78 is 0. The van der Waals surface area contributed by atoms with E-state index in [0.29, 0.717) is 12.8 Å². The molecule has 6 nitrogen and oxygen atoms in total. The molecule has 1 aromatic carbocycles. The maximum Gasteiger partial charge on any atom is 0.322 e. The lowest BCUT2D eigenvalue weighted by Crippen LogP contribution is -2.59. The van der Waals surface area contributed by atoms with Crippen LogP contribution in [0.2, 0.25) is 0 Å². The number of urea groups is 1. The summed E-state index contributed by atoms with van der Waals surface area (Å²) in [5, 5.41) is 5.24. The Morgan fingerprint density at radius 2 is 1.71 bits per heavy atom. The van der Waals surface area contributed by atoms with Gasteiger partial charge in [0.2, 0.25) is 0 Å². The smallest absolute Gasteiger partial charge is 0.322 e. The largest absolute Gasteiger partial charge is 0.399 e. The SMILES string of the molecule is Nc1ccc(N2[C@@H]3CC[C@H]2CC2(C3)NC(=O)NC2=O)cc1. The third kappa shape index (κ3) is 1.78. The lowest BCUT2D eigenvalue weighted by atomic mass is 9.82. The molecule has 1 unspecified atom stereocenters. The van der Waals surface area contributed by atoms with Gasteiger partial charge in [-0.25, -0.2) is 4.79 Å². The predicted octanol–water partition coefficient (Wildman–Crippen LogP) is 0.978. The molecule has 3 heterocycles. The Hall–Kier alpha value is -2.24. The fourth-order valence-electron chi connectivity index (χ4n) is 4.13. The molecule has 3 aliphatic heterocycles. The number of carbonyl (C=O) groups excluding carboxylic acids is 2. The number of piperidine rings is 1. The van der Waals surface area contributed by atoms with Gasteiger partial charge in [0.15, 0.2) is 0 Å². The number of nitrogens with one attached hydrogen (secondary N) is 2. The standard InChI is InChI=1S/C15H18N4O2/c16-9-1-3-10(4-2-9)19-11-5-6-12(19)8-15(7-11)13(20)17-14(21)18-15/h1-4,11-12H,5-8,16H2,(H2,17,18,20,21)/t11-,12+,15?. The molecule has 0 saturated carbocycles. The first-order valence-electron chi connectivity index (χ1n) is 7.35. The molecule has 4 N–H and O–H groups in total. The van der Waals surface area contributed by atoms with Crippen LogP contribution in [-0.4, -0.2) is 29.6 Å². The van der Waals surface area contributed by atoms with Crippen molar-refractivity contribution in [2.75, 3.05) is 10.6 Å². The molecule has 110 valence electrons. The van der Waals surface area contributed by atoms with Crippen molar-refractivity contribution in [3.8, 4) is 0 Å². The minimum atomic E-state index is -0.701. The molecule has 0 aliphatic carbocycles. The highest BCUT2D eigenvalue weighted by molar-refractivity contribution is 6.07. The van der Waals surface area contributed by atoms with Gasteiger partial charge in [0, 0.05) is 23.5 Å². The minimum Gasteiger partial charge on any atom is -0.399 e. The highest BCUT2D eigenvalue weighted by Gasteiger charge is 2.55. The van der Waals surface area contributed by atoms with Gasteiger partial charge >= 0.3 is 6.03 Å². The van der Waals surface area contributed by atoms with Crippen LogP contribution >= 0.6 is 0 Å². The zero-order valence-electron chi connectivity index (χ0n) is 11.6. The maximum absolute atomic E-state index is 12.1. The molecule has 1 spiro atoms. The summed E-state index contributed by atoms with van der Waals surface area (Å²) >= 11 is 0. The number of nitrogen functional groups attached to an aromatic ring is 1. The molecule has 3 atom stereocenters. The number of nitrogens with zero attached hydrogens (tertiary/aromatic N) is 1. The quantitative estimate of drug-likeness (QED) is 0.530. The Morgan fingerprint density at radius 1 is 1.10 bits per heavy atom. The molecular weight excluding hydrogens is 268 g/mol. The number of hydrogen-bond donors (Lipinski definition) is 3. The van der Waals surface area contributed by atoms with Crippen LogP contribution in [0, 0.1) is 0 Å². The Labute approximate surface area is 122 Å². The van der Waals surface area contributed by atoms with Gasteiger partial charge < -0.3 is 16.0 Å². The second-order valence-electron chi connectivity index (χ2n) is 6.28. The Balaban J connectivity index is 1.64. The molecule has 3 aliphatic rings. The van der Waals surface area contributed by atoms with E-state index < -0.39 is 5.54 Å². The lowest BCUT2D eigenvalue weighted by Gasteiger charge is -2.44. The molecule has 3 fully saturated rings. The zero-order valence-corrected chi connectivity index (χ0v) is 11.6. The molecule has 3 saturated heterocycles. The minimum absolute atomic E-state index is 0.165. The van der Waals surface area contributed by atoms with Crippen LogP contribution in [0.25, 0.3) is 0 Å². The second-order valence-corrected chi connectivity index (χ2v) is 6.28. The first-order chi connectivity index (χ1) is 10.1. The van der Waals surface area contributed by atoms with Crippen molar-refractivity contribution in [2.45, 2.75) is 43.3 Å². The Morgan fingerprint density at radius 3 is 2.24 bits per heavy atom. The summed E-state index contributed by atoms with van der Waals surface area (Å²) in [4.78, 5) is 26.0. The molecule has 1 aromatic rings. The van der Waals surface area contributed by atoms with Crippen molar-refractivity contribution in [3.05, 3.63) is 24.3 Å². The van der Waals surface area contributed by atoms with Crippen molar-refractivity contribution >= 4 is 23.3 Å². The number of nitrogens with two attached hydrogens (primary N) is 1. The monoisotopic (exact) mass is 286 g/mol. The van der Waals surface area contributed by atoms with Crippen LogP contribution in [0.5, 0.6) is 0 Å². The van der Waals surface area contributed by atoms with Gasteiger partial charge in [-0.2, -0.15) is 0 Å². The average molecular weight is 286 g/mol. The van der Waals surface area contributed by atoms with Crippen molar-refractivity contribution in [1.82, 2.24) is 10.6 Å². The molecule has 3 amide bonds. The van der Waals surface area contributed by atoms with Crippen molar-refractivity contribution in [2.24, 2.45) is 0 Å². The molecule has 0 radical (unpaired) electrons. The van der Waals surface area contributed by atoms with Gasteiger partial charge in [-0.3, -0.25) is 10.1 Å².